The van der Waals surface area contributed by atoms with Crippen molar-refractivity contribution in [1.82, 2.24) is 10.7 Å². The fraction of sp³-hybridized carbons (Fsp3) is 0.381. The third-order valence-corrected chi connectivity index (χ3v) is 4.55. The lowest BCUT2D eigenvalue weighted by Crippen LogP contribution is -2.28. The fourth-order valence-corrected chi connectivity index (χ4v) is 2.97. The Kier molecular flexibility index (Phi) is 7.34. The quantitative estimate of drug-likeness (QED) is 0.217. The number of hydrogen-bond acceptors (Lipinski definition) is 4. The first kappa shape index (κ1) is 20.4. The van der Waals surface area contributed by atoms with Gasteiger partial charge in [-0.25, -0.2) is 0 Å². The number of aliphatic imine (C=N–C) groups is 1. The molecule has 0 radical (unpaired) electrons. The Hall–Kier alpha value is -2.89. The van der Waals surface area contributed by atoms with Crippen LogP contribution in [0.15, 0.2) is 51.8 Å². The molecule has 0 bridgehead atoms. The van der Waals surface area contributed by atoms with E-state index in [0.29, 0.717) is 30.2 Å². The number of allylic oxidation sites excluding steroid dienone is 1. The van der Waals surface area contributed by atoms with Crippen LogP contribution in [0.1, 0.15) is 50.3 Å². The van der Waals surface area contributed by atoms with E-state index in [9.17, 15) is 4.79 Å². The predicted molar refractivity (Wildman–Crippen MR) is 111 cm³/mol. The molecule has 0 saturated heterocycles. The molecule has 1 aromatic rings. The molecule has 4 N–H and O–H groups in total. The monoisotopic (exact) mass is 367 g/mol. The van der Waals surface area contributed by atoms with Crippen molar-refractivity contribution in [2.45, 2.75) is 53.0 Å². The van der Waals surface area contributed by atoms with Gasteiger partial charge in [0.1, 0.15) is 5.84 Å². The van der Waals surface area contributed by atoms with E-state index < -0.39 is 0 Å². The number of amidine groups is 1. The lowest BCUT2D eigenvalue weighted by molar-refractivity contribution is -0.117. The lowest BCUT2D eigenvalue weighted by Gasteiger charge is -2.13. The second-order valence-electron chi connectivity index (χ2n) is 6.53. The number of amides is 1. The summed E-state index contributed by atoms with van der Waals surface area (Å²) in [5, 5.41) is 7.00. The van der Waals surface area contributed by atoms with E-state index in [1.165, 1.54) is 17.5 Å². The molecule has 1 aromatic carbocycles. The summed E-state index contributed by atoms with van der Waals surface area (Å²) in [5.41, 5.74) is 13.8. The van der Waals surface area contributed by atoms with E-state index in [2.05, 4.69) is 45.6 Å². The van der Waals surface area contributed by atoms with Gasteiger partial charge in [0, 0.05) is 19.2 Å². The molecular formula is C21H29N5O. The molecule has 0 aromatic heterocycles. The third kappa shape index (κ3) is 5.54. The number of aryl methyl sites for hydroxylation is 2. The first-order chi connectivity index (χ1) is 13.0. The number of rotatable bonds is 8. The number of carbonyl (C=O) groups excluding carboxylic acids is 1. The van der Waals surface area contributed by atoms with Gasteiger partial charge in [-0.05, 0) is 49.8 Å². The molecule has 0 unspecified atom stereocenters. The second-order valence-corrected chi connectivity index (χ2v) is 6.53. The summed E-state index contributed by atoms with van der Waals surface area (Å²) in [7, 11) is 0. The van der Waals surface area contributed by atoms with Crippen LogP contribution in [0.25, 0.3) is 0 Å². The van der Waals surface area contributed by atoms with Crippen molar-refractivity contribution < 1.29 is 4.79 Å². The highest BCUT2D eigenvalue weighted by atomic mass is 16.1. The van der Waals surface area contributed by atoms with Crippen LogP contribution in [-0.2, 0) is 24.2 Å². The summed E-state index contributed by atoms with van der Waals surface area (Å²) in [5.74, 6) is 0.168. The topological polar surface area (TPSA) is 91.9 Å². The molecule has 1 amide bonds. The van der Waals surface area contributed by atoms with Crippen molar-refractivity contribution in [3.63, 3.8) is 0 Å². The van der Waals surface area contributed by atoms with Crippen LogP contribution in [0, 0.1) is 0 Å². The van der Waals surface area contributed by atoms with Gasteiger partial charge in [0.2, 0.25) is 0 Å². The summed E-state index contributed by atoms with van der Waals surface area (Å²) < 4.78 is 0. The van der Waals surface area contributed by atoms with Crippen LogP contribution in [0.2, 0.25) is 0 Å². The normalized spacial score (nSPS) is 14.7. The number of hydrogen-bond donors (Lipinski definition) is 3. The highest BCUT2D eigenvalue weighted by molar-refractivity contribution is 5.97. The van der Waals surface area contributed by atoms with Crippen molar-refractivity contribution in [2.24, 2.45) is 15.8 Å². The van der Waals surface area contributed by atoms with Crippen LogP contribution in [0.4, 0.5) is 0 Å². The zero-order valence-electron chi connectivity index (χ0n) is 16.4. The number of fused-ring (bicyclic) bond motifs is 1. The molecule has 0 aliphatic heterocycles. The van der Waals surface area contributed by atoms with Gasteiger partial charge in [0.15, 0.2) is 0 Å². The Labute approximate surface area is 161 Å². The number of nitrogens with one attached hydrogen (secondary N) is 2. The lowest BCUT2D eigenvalue weighted by atomic mass is 10.1. The zero-order chi connectivity index (χ0) is 19.8. The van der Waals surface area contributed by atoms with Gasteiger partial charge >= 0.3 is 0 Å². The van der Waals surface area contributed by atoms with Crippen LogP contribution in [0.5, 0.6) is 0 Å². The summed E-state index contributed by atoms with van der Waals surface area (Å²) in [6, 6.07) is 6.41. The van der Waals surface area contributed by atoms with E-state index in [0.717, 1.165) is 18.4 Å². The number of nitrogens with zero attached hydrogens (tertiary/aromatic N) is 2. The maximum atomic E-state index is 12.6. The molecule has 0 saturated carbocycles. The highest BCUT2D eigenvalue weighted by Gasteiger charge is 2.16. The molecule has 2 rings (SSSR count). The van der Waals surface area contributed by atoms with Crippen molar-refractivity contribution in [1.29, 1.82) is 0 Å². The third-order valence-electron chi connectivity index (χ3n) is 4.55. The van der Waals surface area contributed by atoms with Crippen molar-refractivity contribution in [3.8, 4) is 0 Å². The fourth-order valence-electron chi connectivity index (χ4n) is 2.97. The van der Waals surface area contributed by atoms with Crippen LogP contribution < -0.4 is 16.5 Å². The molecule has 144 valence electrons. The molecule has 6 heteroatoms. The number of hydrazone groups is 1. The largest absolute Gasteiger partial charge is 0.386 e. The summed E-state index contributed by atoms with van der Waals surface area (Å²) in [6.45, 7) is 9.87. The second kappa shape index (κ2) is 9.71. The van der Waals surface area contributed by atoms with Crippen LogP contribution in [-0.4, -0.2) is 18.0 Å². The predicted octanol–water partition coefficient (Wildman–Crippen LogP) is 2.94. The molecule has 6 nitrogen and oxygen atoms in total. The Balaban J connectivity index is 2.07. The van der Waals surface area contributed by atoms with Crippen molar-refractivity contribution in [3.05, 3.63) is 58.4 Å². The van der Waals surface area contributed by atoms with Crippen molar-refractivity contribution in [2.75, 3.05) is 0 Å². The van der Waals surface area contributed by atoms with Gasteiger partial charge in [0.25, 0.3) is 5.91 Å². The van der Waals surface area contributed by atoms with Gasteiger partial charge in [0.05, 0.1) is 17.0 Å². The average Bonchev–Trinajstić information content (AvgIpc) is 3.13. The Bertz CT molecular complexity index is 805. The molecular weight excluding hydrogens is 338 g/mol. The van der Waals surface area contributed by atoms with Gasteiger partial charge < -0.3 is 11.1 Å². The molecule has 0 atom stereocenters. The van der Waals surface area contributed by atoms with Gasteiger partial charge in [-0.2, -0.15) is 5.10 Å². The van der Waals surface area contributed by atoms with Crippen LogP contribution >= 0.6 is 0 Å². The summed E-state index contributed by atoms with van der Waals surface area (Å²) >= 11 is 0. The van der Waals surface area contributed by atoms with E-state index >= 15 is 0 Å². The standard InChI is InChI=1S/C21H29N5O/c1-5-19(22)25-26-20(15(4)23-6-2)14(3)21(27)24-13-16-10-11-17-8-7-9-18(17)12-16/h6,10-12,26H,3,5,7-9,13H2,1-2,4H3,(H2,22,25)(H,24,27)/b20-15+,23-6?. The Morgan fingerprint density at radius 1 is 1.33 bits per heavy atom. The molecule has 27 heavy (non-hydrogen) atoms. The van der Waals surface area contributed by atoms with Gasteiger partial charge in [-0.15, -0.1) is 0 Å². The smallest absolute Gasteiger partial charge is 0.253 e. The molecule has 1 aliphatic rings. The number of nitrogens with two attached hydrogens (primary N) is 1. The van der Waals surface area contributed by atoms with Crippen LogP contribution in [0.3, 0.4) is 0 Å². The first-order valence-electron chi connectivity index (χ1n) is 9.32. The van der Waals surface area contributed by atoms with E-state index in [1.807, 2.05) is 13.8 Å². The molecule has 1 aliphatic carbocycles. The minimum absolute atomic E-state index is 0.270. The van der Waals surface area contributed by atoms with Gasteiger partial charge in [-0.1, -0.05) is 31.7 Å². The SMILES string of the molecule is C=C(C(=O)NCc1ccc2c(c1)CCC2)/C(N/N=C(/N)CC)=C(/C)N=CC. The summed E-state index contributed by atoms with van der Waals surface area (Å²) in [6.07, 6.45) is 5.73. The Morgan fingerprint density at radius 3 is 2.78 bits per heavy atom. The Morgan fingerprint density at radius 2 is 2.07 bits per heavy atom. The maximum Gasteiger partial charge on any atom is 0.253 e. The minimum atomic E-state index is -0.270. The summed E-state index contributed by atoms with van der Waals surface area (Å²) in [4.78, 5) is 16.8. The maximum absolute atomic E-state index is 12.6. The van der Waals surface area contributed by atoms with E-state index in [-0.39, 0.29) is 11.5 Å². The minimum Gasteiger partial charge on any atom is -0.386 e. The molecule has 0 fully saturated rings. The first-order valence-corrected chi connectivity index (χ1v) is 9.32. The average molecular weight is 367 g/mol. The highest BCUT2D eigenvalue weighted by Crippen LogP contribution is 2.22. The molecule has 0 spiro atoms. The zero-order valence-corrected chi connectivity index (χ0v) is 16.4. The number of benzene rings is 1. The van der Waals surface area contributed by atoms with E-state index in [4.69, 9.17) is 5.73 Å². The number of carbonyl (C=O) groups is 1. The van der Waals surface area contributed by atoms with E-state index in [1.54, 1.807) is 13.1 Å². The van der Waals surface area contributed by atoms with Gasteiger partial charge in [-0.3, -0.25) is 15.2 Å². The van der Waals surface area contributed by atoms with Crippen molar-refractivity contribution >= 4 is 18.0 Å². The molecule has 0 heterocycles.